The molecule has 0 radical (unpaired) electrons. The molecule has 104 valence electrons. The van der Waals surface area contributed by atoms with Crippen molar-refractivity contribution in [2.24, 2.45) is 0 Å². The smallest absolute Gasteiger partial charge is 0.124 e. The number of para-hydroxylation sites is 1. The van der Waals surface area contributed by atoms with Gasteiger partial charge < -0.3 is 4.57 Å². The molecule has 2 nitrogen and oxygen atoms in total. The van der Waals surface area contributed by atoms with Gasteiger partial charge >= 0.3 is 0 Å². The molecule has 0 aliphatic rings. The van der Waals surface area contributed by atoms with Crippen LogP contribution in [-0.2, 0) is 6.54 Å². The molecule has 0 spiro atoms. The SMILES string of the molecule is Cc1nc2c3ccccc3n(Cc3ccc(F)cc3)c2s1. The Hall–Kier alpha value is -2.20. The van der Waals surface area contributed by atoms with Crippen LogP contribution in [0.25, 0.3) is 21.3 Å². The Morgan fingerprint density at radius 1 is 1.10 bits per heavy atom. The molecule has 0 saturated carbocycles. The van der Waals surface area contributed by atoms with E-state index in [1.54, 1.807) is 11.3 Å². The molecule has 2 aromatic carbocycles. The molecule has 4 heteroatoms. The minimum atomic E-state index is -0.199. The molecule has 0 unspecified atom stereocenters. The normalized spacial score (nSPS) is 11.5. The number of hydrogen-bond donors (Lipinski definition) is 0. The summed E-state index contributed by atoms with van der Waals surface area (Å²) >= 11 is 1.70. The minimum absolute atomic E-state index is 0.199. The summed E-state index contributed by atoms with van der Waals surface area (Å²) in [6, 6.07) is 15.0. The molecule has 2 aromatic heterocycles. The summed E-state index contributed by atoms with van der Waals surface area (Å²) in [5, 5.41) is 2.25. The number of fused-ring (bicyclic) bond motifs is 3. The lowest BCUT2D eigenvalue weighted by molar-refractivity contribution is 0.626. The Labute approximate surface area is 125 Å². The molecule has 0 bridgehead atoms. The summed E-state index contributed by atoms with van der Waals surface area (Å²) < 4.78 is 15.3. The number of aromatic nitrogens is 2. The van der Waals surface area contributed by atoms with Crippen LogP contribution in [0.2, 0.25) is 0 Å². The summed E-state index contributed by atoms with van der Waals surface area (Å²) in [7, 11) is 0. The quantitative estimate of drug-likeness (QED) is 0.522. The molecule has 0 saturated heterocycles. The molecule has 21 heavy (non-hydrogen) atoms. The third kappa shape index (κ3) is 2.03. The average Bonchev–Trinajstić information content (AvgIpc) is 2.99. The molecular weight excluding hydrogens is 283 g/mol. The monoisotopic (exact) mass is 296 g/mol. The summed E-state index contributed by atoms with van der Waals surface area (Å²) in [4.78, 5) is 5.83. The third-order valence-electron chi connectivity index (χ3n) is 3.67. The van der Waals surface area contributed by atoms with E-state index in [1.807, 2.05) is 31.2 Å². The van der Waals surface area contributed by atoms with E-state index >= 15 is 0 Å². The van der Waals surface area contributed by atoms with Gasteiger partial charge in [-0.1, -0.05) is 30.3 Å². The van der Waals surface area contributed by atoms with Crippen molar-refractivity contribution in [3.63, 3.8) is 0 Å². The zero-order valence-corrected chi connectivity index (χ0v) is 12.3. The van der Waals surface area contributed by atoms with Crippen molar-refractivity contribution in [3.8, 4) is 0 Å². The maximum absolute atomic E-state index is 13.1. The van der Waals surface area contributed by atoms with Gasteiger partial charge in [0.05, 0.1) is 10.5 Å². The number of nitrogens with zero attached hydrogens (tertiary/aromatic N) is 2. The van der Waals surface area contributed by atoms with Gasteiger partial charge in [0.25, 0.3) is 0 Å². The second-order valence-corrected chi connectivity index (χ2v) is 6.30. The van der Waals surface area contributed by atoms with Gasteiger partial charge in [-0.15, -0.1) is 11.3 Å². The van der Waals surface area contributed by atoms with Crippen LogP contribution < -0.4 is 0 Å². The molecule has 2 heterocycles. The standard InChI is InChI=1S/C17H13FN2S/c1-11-19-16-14-4-2-3-5-15(14)20(17(16)21-11)10-12-6-8-13(18)9-7-12/h2-9H,10H2,1H3. The van der Waals surface area contributed by atoms with Gasteiger partial charge in [0.15, 0.2) is 0 Å². The molecule has 0 aliphatic carbocycles. The van der Waals surface area contributed by atoms with Crippen molar-refractivity contribution >= 4 is 32.6 Å². The van der Waals surface area contributed by atoms with Crippen LogP contribution in [0.15, 0.2) is 48.5 Å². The van der Waals surface area contributed by atoms with Crippen LogP contribution in [0.1, 0.15) is 10.6 Å². The number of aryl methyl sites for hydroxylation is 1. The molecule has 0 atom stereocenters. The van der Waals surface area contributed by atoms with E-state index in [0.717, 1.165) is 22.6 Å². The number of rotatable bonds is 2. The van der Waals surface area contributed by atoms with Crippen molar-refractivity contribution in [2.45, 2.75) is 13.5 Å². The van der Waals surface area contributed by atoms with Crippen LogP contribution in [0.4, 0.5) is 4.39 Å². The fraction of sp³-hybridized carbons (Fsp3) is 0.118. The van der Waals surface area contributed by atoms with Crippen molar-refractivity contribution < 1.29 is 4.39 Å². The zero-order chi connectivity index (χ0) is 14.4. The lowest BCUT2D eigenvalue weighted by Gasteiger charge is -2.06. The van der Waals surface area contributed by atoms with Gasteiger partial charge in [-0.3, -0.25) is 0 Å². The van der Waals surface area contributed by atoms with Crippen LogP contribution in [-0.4, -0.2) is 9.55 Å². The Kier molecular flexibility index (Phi) is 2.79. The largest absolute Gasteiger partial charge is 0.326 e. The molecule has 4 aromatic rings. The fourth-order valence-corrected chi connectivity index (χ4v) is 3.66. The highest BCUT2D eigenvalue weighted by Crippen LogP contribution is 2.32. The maximum atomic E-state index is 13.1. The highest BCUT2D eigenvalue weighted by atomic mass is 32.1. The van der Waals surface area contributed by atoms with Crippen LogP contribution in [0, 0.1) is 12.7 Å². The number of hydrogen-bond acceptors (Lipinski definition) is 2. The van der Waals surface area contributed by atoms with Crippen molar-refractivity contribution in [2.75, 3.05) is 0 Å². The van der Waals surface area contributed by atoms with Crippen molar-refractivity contribution in [1.29, 1.82) is 0 Å². The first-order valence-electron chi connectivity index (χ1n) is 6.81. The summed E-state index contributed by atoms with van der Waals surface area (Å²) in [5.74, 6) is -0.199. The molecule has 4 rings (SSSR count). The van der Waals surface area contributed by atoms with Gasteiger partial charge in [0, 0.05) is 11.9 Å². The van der Waals surface area contributed by atoms with E-state index in [9.17, 15) is 4.39 Å². The van der Waals surface area contributed by atoms with Gasteiger partial charge in [-0.25, -0.2) is 9.37 Å². The van der Waals surface area contributed by atoms with Gasteiger partial charge in [-0.2, -0.15) is 0 Å². The topological polar surface area (TPSA) is 17.8 Å². The van der Waals surface area contributed by atoms with Gasteiger partial charge in [-0.05, 0) is 30.7 Å². The Morgan fingerprint density at radius 3 is 2.67 bits per heavy atom. The van der Waals surface area contributed by atoms with E-state index in [0.29, 0.717) is 0 Å². The number of thiazole rings is 1. The maximum Gasteiger partial charge on any atom is 0.124 e. The number of halogens is 1. The first kappa shape index (κ1) is 12.5. The molecule has 0 aliphatic heterocycles. The van der Waals surface area contributed by atoms with E-state index in [2.05, 4.69) is 21.7 Å². The van der Waals surface area contributed by atoms with Crippen LogP contribution >= 0.6 is 11.3 Å². The van der Waals surface area contributed by atoms with E-state index < -0.39 is 0 Å². The van der Waals surface area contributed by atoms with E-state index in [4.69, 9.17) is 0 Å². The predicted molar refractivity (Wildman–Crippen MR) is 85.4 cm³/mol. The van der Waals surface area contributed by atoms with Gasteiger partial charge in [0.2, 0.25) is 0 Å². The second kappa shape index (κ2) is 4.67. The highest BCUT2D eigenvalue weighted by molar-refractivity contribution is 7.18. The molecule has 0 fully saturated rings. The summed E-state index contributed by atoms with van der Waals surface area (Å²) in [6.07, 6.45) is 0. The van der Waals surface area contributed by atoms with E-state index in [-0.39, 0.29) is 5.82 Å². The van der Waals surface area contributed by atoms with Crippen LogP contribution in [0.5, 0.6) is 0 Å². The first-order chi connectivity index (χ1) is 10.2. The lowest BCUT2D eigenvalue weighted by Crippen LogP contribution is -1.98. The fourth-order valence-electron chi connectivity index (χ4n) is 2.72. The average molecular weight is 296 g/mol. The zero-order valence-electron chi connectivity index (χ0n) is 11.5. The summed E-state index contributed by atoms with van der Waals surface area (Å²) in [5.41, 5.74) is 3.33. The van der Waals surface area contributed by atoms with E-state index in [1.165, 1.54) is 27.9 Å². The Balaban J connectivity index is 1.94. The summed E-state index contributed by atoms with van der Waals surface area (Å²) in [6.45, 7) is 2.76. The lowest BCUT2D eigenvalue weighted by atomic mass is 10.2. The Bertz CT molecular complexity index is 935. The van der Waals surface area contributed by atoms with Crippen molar-refractivity contribution in [1.82, 2.24) is 9.55 Å². The van der Waals surface area contributed by atoms with Crippen LogP contribution in [0.3, 0.4) is 0 Å². The number of benzene rings is 2. The predicted octanol–water partition coefficient (Wildman–Crippen LogP) is 4.75. The van der Waals surface area contributed by atoms with Crippen molar-refractivity contribution in [3.05, 3.63) is 64.9 Å². The third-order valence-corrected chi connectivity index (χ3v) is 4.66. The first-order valence-corrected chi connectivity index (χ1v) is 7.63. The minimum Gasteiger partial charge on any atom is -0.326 e. The molecular formula is C17H13FN2S. The highest BCUT2D eigenvalue weighted by Gasteiger charge is 2.14. The molecule has 0 amide bonds. The van der Waals surface area contributed by atoms with Gasteiger partial charge in [0.1, 0.15) is 16.2 Å². The Morgan fingerprint density at radius 2 is 1.86 bits per heavy atom. The second-order valence-electron chi connectivity index (χ2n) is 5.12. The molecule has 0 N–H and O–H groups in total.